The molecule has 6 nitrogen and oxygen atoms in total. The van der Waals surface area contributed by atoms with E-state index in [1.54, 1.807) is 46.8 Å². The molecule has 0 unspecified atom stereocenters. The van der Waals surface area contributed by atoms with Crippen molar-refractivity contribution in [3.63, 3.8) is 0 Å². The van der Waals surface area contributed by atoms with Crippen LogP contribution in [0.1, 0.15) is 5.69 Å². The first-order valence-corrected chi connectivity index (χ1v) is 8.04. The lowest BCUT2D eigenvalue weighted by Crippen LogP contribution is -2.01. The smallest absolute Gasteiger partial charge is 0.164 e. The van der Waals surface area contributed by atoms with Crippen LogP contribution in [0.2, 0.25) is 0 Å². The fourth-order valence-electron chi connectivity index (χ4n) is 2.73. The fourth-order valence-corrected chi connectivity index (χ4v) is 2.73. The van der Waals surface area contributed by atoms with Gasteiger partial charge in [0.15, 0.2) is 23.0 Å². The molecule has 0 bridgehead atoms. The monoisotopic (exact) mass is 355 g/mol. The van der Waals surface area contributed by atoms with Crippen molar-refractivity contribution < 1.29 is 23.7 Å². The average Bonchev–Trinajstić information content (AvgIpc) is 2.70. The number of pyridine rings is 1. The average molecular weight is 355 g/mol. The Kier molecular flexibility index (Phi) is 5.31. The van der Waals surface area contributed by atoms with Crippen molar-refractivity contribution in [3.8, 4) is 28.7 Å². The molecular weight excluding hydrogens is 334 g/mol. The summed E-state index contributed by atoms with van der Waals surface area (Å²) in [6, 6.07) is 11.2. The maximum absolute atomic E-state index is 5.90. The Bertz CT molecular complexity index is 910. The van der Waals surface area contributed by atoms with E-state index in [0.717, 1.165) is 16.5 Å². The molecule has 0 spiro atoms. The Balaban J connectivity index is 1.89. The highest BCUT2D eigenvalue weighted by molar-refractivity contribution is 5.87. The minimum Gasteiger partial charge on any atom is -0.493 e. The van der Waals surface area contributed by atoms with Crippen molar-refractivity contribution in [1.82, 2.24) is 4.98 Å². The van der Waals surface area contributed by atoms with Gasteiger partial charge in [0.1, 0.15) is 12.4 Å². The minimum atomic E-state index is 0.308. The predicted molar refractivity (Wildman–Crippen MR) is 98.7 cm³/mol. The first-order valence-electron chi connectivity index (χ1n) is 8.04. The second-order valence-electron chi connectivity index (χ2n) is 5.49. The molecule has 3 aromatic rings. The zero-order chi connectivity index (χ0) is 18.5. The van der Waals surface area contributed by atoms with Gasteiger partial charge >= 0.3 is 0 Å². The summed E-state index contributed by atoms with van der Waals surface area (Å²) in [5.41, 5.74) is 0.804. The molecular formula is C20H21NO5. The van der Waals surface area contributed by atoms with Crippen molar-refractivity contribution in [2.24, 2.45) is 0 Å². The summed E-state index contributed by atoms with van der Waals surface area (Å²) in [7, 11) is 6.42. The largest absolute Gasteiger partial charge is 0.493 e. The molecule has 6 heteroatoms. The first-order chi connectivity index (χ1) is 12.7. The predicted octanol–water partition coefficient (Wildman–Crippen LogP) is 3.85. The molecule has 0 aliphatic heterocycles. The molecule has 136 valence electrons. The molecule has 0 saturated carbocycles. The number of benzene rings is 2. The number of rotatable bonds is 7. The van der Waals surface area contributed by atoms with Crippen molar-refractivity contribution >= 4 is 10.8 Å². The normalized spacial score (nSPS) is 10.5. The second kappa shape index (κ2) is 7.82. The van der Waals surface area contributed by atoms with Gasteiger partial charge in [0.25, 0.3) is 0 Å². The standard InChI is InChI=1S/C20H21NO5/c1-22-17-6-5-14(10-19(17)24-3)26-12-16-15-11-20(25-4)18(23-2)9-13(15)7-8-21-16/h5-11H,12H2,1-4H3. The lowest BCUT2D eigenvalue weighted by molar-refractivity contribution is 0.297. The zero-order valence-electron chi connectivity index (χ0n) is 15.2. The lowest BCUT2D eigenvalue weighted by atomic mass is 10.1. The van der Waals surface area contributed by atoms with Crippen LogP contribution in [0, 0.1) is 0 Å². The van der Waals surface area contributed by atoms with Crippen molar-refractivity contribution in [2.45, 2.75) is 6.61 Å². The van der Waals surface area contributed by atoms with Gasteiger partial charge < -0.3 is 23.7 Å². The molecule has 0 atom stereocenters. The van der Waals surface area contributed by atoms with Gasteiger partial charge in [0.05, 0.1) is 34.1 Å². The molecule has 0 fully saturated rings. The maximum Gasteiger partial charge on any atom is 0.164 e. The topological polar surface area (TPSA) is 59.0 Å². The Morgan fingerprint density at radius 2 is 1.38 bits per heavy atom. The summed E-state index contributed by atoms with van der Waals surface area (Å²) in [6.45, 7) is 0.308. The molecule has 1 aromatic heterocycles. The molecule has 0 N–H and O–H groups in total. The summed E-state index contributed by atoms with van der Waals surface area (Å²) < 4.78 is 27.2. The van der Waals surface area contributed by atoms with Crippen LogP contribution in [0.5, 0.6) is 28.7 Å². The summed E-state index contributed by atoms with van der Waals surface area (Å²) >= 11 is 0. The van der Waals surface area contributed by atoms with E-state index < -0.39 is 0 Å². The fraction of sp³-hybridized carbons (Fsp3) is 0.250. The summed E-state index contributed by atoms with van der Waals surface area (Å²) in [4.78, 5) is 4.45. The highest BCUT2D eigenvalue weighted by Gasteiger charge is 2.11. The molecule has 1 heterocycles. The van der Waals surface area contributed by atoms with E-state index in [1.165, 1.54) is 0 Å². The number of hydrogen-bond acceptors (Lipinski definition) is 6. The number of nitrogens with zero attached hydrogens (tertiary/aromatic N) is 1. The Morgan fingerprint density at radius 1 is 0.731 bits per heavy atom. The highest BCUT2D eigenvalue weighted by atomic mass is 16.5. The van der Waals surface area contributed by atoms with Crippen LogP contribution in [0.4, 0.5) is 0 Å². The van der Waals surface area contributed by atoms with E-state index >= 15 is 0 Å². The third-order valence-corrected chi connectivity index (χ3v) is 4.08. The molecule has 0 amide bonds. The van der Waals surface area contributed by atoms with E-state index in [9.17, 15) is 0 Å². The van der Waals surface area contributed by atoms with E-state index in [0.29, 0.717) is 35.4 Å². The van der Waals surface area contributed by atoms with Crippen molar-refractivity contribution in [3.05, 3.63) is 48.3 Å². The van der Waals surface area contributed by atoms with Crippen LogP contribution in [-0.4, -0.2) is 33.4 Å². The van der Waals surface area contributed by atoms with Crippen LogP contribution in [-0.2, 0) is 6.61 Å². The van der Waals surface area contributed by atoms with Crippen LogP contribution in [0.15, 0.2) is 42.6 Å². The Morgan fingerprint density at radius 3 is 2.08 bits per heavy atom. The molecule has 0 saturated heterocycles. The molecule has 2 aromatic carbocycles. The molecule has 0 radical (unpaired) electrons. The number of ether oxygens (including phenoxy) is 5. The highest BCUT2D eigenvalue weighted by Crippen LogP contribution is 2.34. The van der Waals surface area contributed by atoms with Crippen LogP contribution in [0.25, 0.3) is 10.8 Å². The second-order valence-corrected chi connectivity index (χ2v) is 5.49. The van der Waals surface area contributed by atoms with Gasteiger partial charge in [-0.25, -0.2) is 0 Å². The number of hydrogen-bond donors (Lipinski definition) is 0. The number of fused-ring (bicyclic) bond motifs is 1. The molecule has 0 aliphatic carbocycles. The van der Waals surface area contributed by atoms with Gasteiger partial charge in [-0.05, 0) is 35.7 Å². The summed E-state index contributed by atoms with van der Waals surface area (Å²) in [5.74, 6) is 3.27. The van der Waals surface area contributed by atoms with Gasteiger partial charge in [0.2, 0.25) is 0 Å². The van der Waals surface area contributed by atoms with E-state index in [-0.39, 0.29) is 0 Å². The summed E-state index contributed by atoms with van der Waals surface area (Å²) in [5, 5.41) is 1.95. The van der Waals surface area contributed by atoms with E-state index in [2.05, 4.69) is 4.98 Å². The van der Waals surface area contributed by atoms with Gasteiger partial charge in [-0.1, -0.05) is 0 Å². The first kappa shape index (κ1) is 17.7. The zero-order valence-corrected chi connectivity index (χ0v) is 15.2. The third-order valence-electron chi connectivity index (χ3n) is 4.08. The van der Waals surface area contributed by atoms with E-state index in [1.807, 2.05) is 24.3 Å². The van der Waals surface area contributed by atoms with Crippen LogP contribution < -0.4 is 23.7 Å². The Hall–Kier alpha value is -3.15. The number of aromatic nitrogens is 1. The van der Waals surface area contributed by atoms with Crippen LogP contribution >= 0.6 is 0 Å². The van der Waals surface area contributed by atoms with Gasteiger partial charge in [-0.3, -0.25) is 4.98 Å². The lowest BCUT2D eigenvalue weighted by Gasteiger charge is -2.13. The van der Waals surface area contributed by atoms with Crippen LogP contribution in [0.3, 0.4) is 0 Å². The van der Waals surface area contributed by atoms with Gasteiger partial charge in [-0.2, -0.15) is 0 Å². The maximum atomic E-state index is 5.90. The number of methoxy groups -OCH3 is 4. The quantitative estimate of drug-likeness (QED) is 0.642. The van der Waals surface area contributed by atoms with Gasteiger partial charge in [-0.15, -0.1) is 0 Å². The molecule has 3 rings (SSSR count). The third kappa shape index (κ3) is 3.44. The Labute approximate surface area is 152 Å². The summed E-state index contributed by atoms with van der Waals surface area (Å²) in [6.07, 6.45) is 1.75. The van der Waals surface area contributed by atoms with Crippen molar-refractivity contribution in [2.75, 3.05) is 28.4 Å². The molecule has 0 aliphatic rings. The van der Waals surface area contributed by atoms with E-state index in [4.69, 9.17) is 23.7 Å². The van der Waals surface area contributed by atoms with Crippen molar-refractivity contribution in [1.29, 1.82) is 0 Å². The molecule has 26 heavy (non-hydrogen) atoms. The SMILES string of the molecule is COc1ccc(OCc2nccc3cc(OC)c(OC)cc23)cc1OC. The minimum absolute atomic E-state index is 0.308. The van der Waals surface area contributed by atoms with Gasteiger partial charge in [0, 0.05) is 17.6 Å².